The Morgan fingerprint density at radius 1 is 1.25 bits per heavy atom. The lowest BCUT2D eigenvalue weighted by atomic mass is 10.2. The molecule has 1 amide bonds. The van der Waals surface area contributed by atoms with E-state index in [1.54, 1.807) is 0 Å². The van der Waals surface area contributed by atoms with Crippen molar-refractivity contribution < 1.29 is 14.7 Å². The Balaban J connectivity index is 2.31. The Labute approximate surface area is 129 Å². The van der Waals surface area contributed by atoms with Crippen LogP contribution in [0.5, 0.6) is 0 Å². The van der Waals surface area contributed by atoms with Crippen LogP contribution in [0.4, 0.5) is 5.82 Å². The molecule has 0 saturated carbocycles. The zero-order valence-electron chi connectivity index (χ0n) is 9.67. The zero-order chi connectivity index (χ0) is 14.7. The first-order valence-electron chi connectivity index (χ1n) is 5.16. The summed E-state index contributed by atoms with van der Waals surface area (Å²) in [5.41, 5.74) is -0.386. The number of carbonyl (C=O) groups excluding carboxylic acids is 1. The van der Waals surface area contributed by atoms with Gasteiger partial charge in [0.25, 0.3) is 5.91 Å². The van der Waals surface area contributed by atoms with Crippen LogP contribution in [0.3, 0.4) is 0 Å². The summed E-state index contributed by atoms with van der Waals surface area (Å²) in [6, 6.07) is 2.74. The maximum Gasteiger partial charge on any atom is 0.338 e. The molecule has 2 rings (SSSR count). The standard InChI is InChI=1S/C11H6Br2N4O3/c12-6-4-15-9(8(13)16-6)17-10(18)7-5(11(19)20)2-1-3-14-7/h1-4H,(H,19,20)(H,15,17,18). The maximum absolute atomic E-state index is 12.0. The highest BCUT2D eigenvalue weighted by Gasteiger charge is 2.19. The fraction of sp³-hybridized carbons (Fsp3) is 0. The van der Waals surface area contributed by atoms with Gasteiger partial charge in [0.15, 0.2) is 5.82 Å². The van der Waals surface area contributed by atoms with Gasteiger partial charge in [0, 0.05) is 6.20 Å². The minimum atomic E-state index is -1.23. The molecule has 2 aromatic heterocycles. The van der Waals surface area contributed by atoms with E-state index in [1.807, 2.05) is 0 Å². The van der Waals surface area contributed by atoms with E-state index >= 15 is 0 Å². The van der Waals surface area contributed by atoms with E-state index in [0.717, 1.165) is 0 Å². The van der Waals surface area contributed by atoms with Gasteiger partial charge in [-0.25, -0.2) is 14.8 Å². The molecular weight excluding hydrogens is 396 g/mol. The second-order valence-corrected chi connectivity index (χ2v) is 5.05. The predicted molar refractivity (Wildman–Crippen MR) is 76.6 cm³/mol. The molecule has 0 spiro atoms. The van der Waals surface area contributed by atoms with Crippen LogP contribution in [0.25, 0.3) is 0 Å². The number of carbonyl (C=O) groups is 2. The maximum atomic E-state index is 12.0. The third kappa shape index (κ3) is 3.17. The molecule has 9 heteroatoms. The van der Waals surface area contributed by atoms with Crippen molar-refractivity contribution in [2.45, 2.75) is 0 Å². The molecule has 0 aromatic carbocycles. The van der Waals surface area contributed by atoms with Gasteiger partial charge in [0.05, 0.1) is 11.8 Å². The van der Waals surface area contributed by atoms with Crippen LogP contribution in [0, 0.1) is 0 Å². The summed E-state index contributed by atoms with van der Waals surface area (Å²) < 4.78 is 0.805. The molecule has 20 heavy (non-hydrogen) atoms. The SMILES string of the molecule is O=C(O)c1cccnc1C(=O)Nc1ncc(Br)nc1Br. The van der Waals surface area contributed by atoms with Crippen molar-refractivity contribution in [2.75, 3.05) is 5.32 Å². The molecule has 0 bridgehead atoms. The van der Waals surface area contributed by atoms with E-state index in [4.69, 9.17) is 5.11 Å². The number of aromatic nitrogens is 3. The first-order chi connectivity index (χ1) is 9.49. The van der Waals surface area contributed by atoms with Gasteiger partial charge in [-0.3, -0.25) is 9.78 Å². The lowest BCUT2D eigenvalue weighted by Gasteiger charge is -2.07. The quantitative estimate of drug-likeness (QED) is 0.817. The van der Waals surface area contributed by atoms with Gasteiger partial charge < -0.3 is 10.4 Å². The van der Waals surface area contributed by atoms with Crippen LogP contribution >= 0.6 is 31.9 Å². The van der Waals surface area contributed by atoms with Crippen molar-refractivity contribution >= 4 is 49.6 Å². The third-order valence-electron chi connectivity index (χ3n) is 2.19. The summed E-state index contributed by atoms with van der Waals surface area (Å²) in [4.78, 5) is 34.8. The predicted octanol–water partition coefficient (Wildman–Crippen LogP) is 2.35. The van der Waals surface area contributed by atoms with Crippen molar-refractivity contribution in [3.8, 4) is 0 Å². The highest BCUT2D eigenvalue weighted by Crippen LogP contribution is 2.20. The Morgan fingerprint density at radius 3 is 2.65 bits per heavy atom. The van der Waals surface area contributed by atoms with Gasteiger partial charge in [0.1, 0.15) is 14.9 Å². The first-order valence-corrected chi connectivity index (χ1v) is 6.75. The van der Waals surface area contributed by atoms with Crippen molar-refractivity contribution in [3.05, 3.63) is 45.0 Å². The van der Waals surface area contributed by atoms with Gasteiger partial charge in [-0.1, -0.05) is 0 Å². The van der Waals surface area contributed by atoms with E-state index < -0.39 is 11.9 Å². The number of carboxylic acids is 1. The minimum Gasteiger partial charge on any atom is -0.478 e. The number of halogens is 2. The molecule has 0 aliphatic carbocycles. The van der Waals surface area contributed by atoms with E-state index in [-0.39, 0.29) is 17.1 Å². The molecular formula is C11H6Br2N4O3. The summed E-state index contributed by atoms with van der Waals surface area (Å²) >= 11 is 6.27. The number of hydrogen-bond donors (Lipinski definition) is 2. The number of nitrogens with zero attached hydrogens (tertiary/aromatic N) is 3. The molecule has 2 heterocycles. The number of hydrogen-bond acceptors (Lipinski definition) is 5. The van der Waals surface area contributed by atoms with Crippen molar-refractivity contribution in [3.63, 3.8) is 0 Å². The Kier molecular flexibility index (Phi) is 4.40. The number of carboxylic acid groups (broad SMARTS) is 1. The molecule has 0 aliphatic rings. The summed E-state index contributed by atoms with van der Waals surface area (Å²) in [7, 11) is 0. The Hall–Kier alpha value is -1.87. The fourth-order valence-corrected chi connectivity index (χ4v) is 2.27. The smallest absolute Gasteiger partial charge is 0.338 e. The molecule has 2 aromatic rings. The molecule has 0 saturated heterocycles. The van der Waals surface area contributed by atoms with Gasteiger partial charge in [-0.15, -0.1) is 0 Å². The first kappa shape index (κ1) is 14.5. The number of rotatable bonds is 3. The highest BCUT2D eigenvalue weighted by atomic mass is 79.9. The number of anilines is 1. The summed E-state index contributed by atoms with van der Waals surface area (Å²) in [6.45, 7) is 0. The Morgan fingerprint density at radius 2 is 2.00 bits per heavy atom. The van der Waals surface area contributed by atoms with E-state index in [0.29, 0.717) is 9.21 Å². The average Bonchev–Trinajstić information content (AvgIpc) is 2.41. The topological polar surface area (TPSA) is 105 Å². The van der Waals surface area contributed by atoms with Gasteiger partial charge >= 0.3 is 5.97 Å². The molecule has 2 N–H and O–H groups in total. The normalized spacial score (nSPS) is 10.1. The fourth-order valence-electron chi connectivity index (χ4n) is 1.36. The van der Waals surface area contributed by atoms with Crippen LogP contribution < -0.4 is 5.32 Å². The number of pyridine rings is 1. The number of nitrogens with one attached hydrogen (secondary N) is 1. The van der Waals surface area contributed by atoms with Gasteiger partial charge in [0.2, 0.25) is 0 Å². The van der Waals surface area contributed by atoms with Crippen LogP contribution in [0.15, 0.2) is 33.7 Å². The van der Waals surface area contributed by atoms with Crippen LogP contribution in [-0.2, 0) is 0 Å². The summed E-state index contributed by atoms with van der Waals surface area (Å²) in [5.74, 6) is -1.75. The summed E-state index contributed by atoms with van der Waals surface area (Å²) in [6.07, 6.45) is 2.74. The molecule has 7 nitrogen and oxygen atoms in total. The Bertz CT molecular complexity index is 693. The lowest BCUT2D eigenvalue weighted by Crippen LogP contribution is -2.19. The van der Waals surface area contributed by atoms with Crippen LogP contribution in [0.2, 0.25) is 0 Å². The second-order valence-electron chi connectivity index (χ2n) is 3.49. The second kappa shape index (κ2) is 6.06. The lowest BCUT2D eigenvalue weighted by molar-refractivity contribution is 0.0691. The van der Waals surface area contributed by atoms with Gasteiger partial charge in [-0.05, 0) is 44.0 Å². The molecule has 0 aliphatic heterocycles. The van der Waals surface area contributed by atoms with Crippen molar-refractivity contribution in [2.24, 2.45) is 0 Å². The van der Waals surface area contributed by atoms with Gasteiger partial charge in [-0.2, -0.15) is 0 Å². The van der Waals surface area contributed by atoms with E-state index in [2.05, 4.69) is 52.1 Å². The zero-order valence-corrected chi connectivity index (χ0v) is 12.8. The number of aromatic carboxylic acids is 1. The van der Waals surface area contributed by atoms with E-state index in [9.17, 15) is 9.59 Å². The van der Waals surface area contributed by atoms with Crippen LogP contribution in [0.1, 0.15) is 20.8 Å². The summed E-state index contributed by atoms with van der Waals surface area (Å²) in [5, 5.41) is 11.5. The molecule has 0 radical (unpaired) electrons. The van der Waals surface area contributed by atoms with Crippen molar-refractivity contribution in [1.82, 2.24) is 15.0 Å². The highest BCUT2D eigenvalue weighted by molar-refractivity contribution is 9.11. The molecule has 0 fully saturated rings. The average molecular weight is 402 g/mol. The minimum absolute atomic E-state index is 0.167. The van der Waals surface area contributed by atoms with Crippen LogP contribution in [-0.4, -0.2) is 31.9 Å². The molecule has 102 valence electrons. The molecule has 0 unspecified atom stereocenters. The van der Waals surface area contributed by atoms with E-state index in [1.165, 1.54) is 24.5 Å². The molecule has 0 atom stereocenters. The monoisotopic (exact) mass is 400 g/mol. The largest absolute Gasteiger partial charge is 0.478 e. The number of amides is 1. The third-order valence-corrected chi connectivity index (χ3v) is 3.12. The van der Waals surface area contributed by atoms with Crippen molar-refractivity contribution in [1.29, 1.82) is 0 Å².